The number of benzene rings is 1. The van der Waals surface area contributed by atoms with Gasteiger partial charge < -0.3 is 14.7 Å². The number of nitrogens with zero attached hydrogens (tertiary/aromatic N) is 5. The molecule has 3 heterocycles. The van der Waals surface area contributed by atoms with Gasteiger partial charge in [0.25, 0.3) is 5.91 Å². The lowest BCUT2D eigenvalue weighted by Crippen LogP contribution is -2.48. The number of likely N-dealkylation sites (N-methyl/N-ethyl adjacent to an activating group) is 1. The maximum atomic E-state index is 12.7. The largest absolute Gasteiger partial charge is 0.369 e. The van der Waals surface area contributed by atoms with E-state index in [9.17, 15) is 4.79 Å². The second-order valence-corrected chi connectivity index (χ2v) is 8.98. The van der Waals surface area contributed by atoms with Crippen molar-refractivity contribution in [2.75, 3.05) is 63.8 Å². The van der Waals surface area contributed by atoms with E-state index in [4.69, 9.17) is 11.6 Å². The summed E-state index contributed by atoms with van der Waals surface area (Å²) in [6, 6.07) is 8.05. The number of rotatable bonds is 5. The SMILES string of the molecule is CCN1CCN(C(=O)c2csc(CN3CCN(c4cccc(Cl)c4)CC3)n2)CC1. The van der Waals surface area contributed by atoms with Crippen LogP contribution in [0.1, 0.15) is 22.4 Å². The molecule has 2 saturated heterocycles. The fourth-order valence-electron chi connectivity index (χ4n) is 3.94. The molecule has 0 radical (unpaired) electrons. The molecule has 1 aromatic heterocycles. The summed E-state index contributed by atoms with van der Waals surface area (Å²) < 4.78 is 0. The zero-order valence-corrected chi connectivity index (χ0v) is 18.5. The Balaban J connectivity index is 1.28. The van der Waals surface area contributed by atoms with Crippen molar-refractivity contribution in [2.24, 2.45) is 0 Å². The minimum atomic E-state index is 0.0778. The number of carbonyl (C=O) groups excluding carboxylic acids is 1. The number of aromatic nitrogens is 1. The number of anilines is 1. The highest BCUT2D eigenvalue weighted by atomic mass is 35.5. The van der Waals surface area contributed by atoms with Gasteiger partial charge in [-0.25, -0.2) is 4.98 Å². The van der Waals surface area contributed by atoms with E-state index in [1.807, 2.05) is 28.5 Å². The topological polar surface area (TPSA) is 42.9 Å². The average molecular weight is 434 g/mol. The van der Waals surface area contributed by atoms with Gasteiger partial charge in [0.15, 0.2) is 0 Å². The van der Waals surface area contributed by atoms with E-state index in [0.29, 0.717) is 5.69 Å². The molecule has 0 spiro atoms. The molecule has 2 aliphatic heterocycles. The van der Waals surface area contributed by atoms with Crippen LogP contribution in [0.4, 0.5) is 5.69 Å². The molecule has 2 aliphatic rings. The van der Waals surface area contributed by atoms with Crippen molar-refractivity contribution >= 4 is 34.5 Å². The maximum Gasteiger partial charge on any atom is 0.273 e. The molecule has 0 aliphatic carbocycles. The molecule has 4 rings (SSSR count). The molecule has 1 aromatic carbocycles. The van der Waals surface area contributed by atoms with Gasteiger partial charge in [0.05, 0.1) is 6.54 Å². The number of piperazine rings is 2. The van der Waals surface area contributed by atoms with Gasteiger partial charge in [-0.1, -0.05) is 24.6 Å². The lowest BCUT2D eigenvalue weighted by atomic mass is 10.2. The second kappa shape index (κ2) is 9.43. The molecule has 29 heavy (non-hydrogen) atoms. The van der Waals surface area contributed by atoms with Gasteiger partial charge in [-0.05, 0) is 24.7 Å². The lowest BCUT2D eigenvalue weighted by Gasteiger charge is -2.35. The van der Waals surface area contributed by atoms with E-state index >= 15 is 0 Å². The van der Waals surface area contributed by atoms with Crippen molar-refractivity contribution in [1.82, 2.24) is 19.7 Å². The molecule has 0 atom stereocenters. The Morgan fingerprint density at radius 3 is 2.48 bits per heavy atom. The van der Waals surface area contributed by atoms with Gasteiger partial charge in [0, 0.05) is 68.4 Å². The van der Waals surface area contributed by atoms with Crippen molar-refractivity contribution in [3.05, 3.63) is 45.4 Å². The monoisotopic (exact) mass is 433 g/mol. The molecular weight excluding hydrogens is 406 g/mol. The van der Waals surface area contributed by atoms with Crippen LogP contribution in [0.5, 0.6) is 0 Å². The minimum absolute atomic E-state index is 0.0778. The molecule has 2 aromatic rings. The highest BCUT2D eigenvalue weighted by Gasteiger charge is 2.24. The van der Waals surface area contributed by atoms with Crippen LogP contribution in [-0.2, 0) is 6.54 Å². The third-order valence-corrected chi connectivity index (χ3v) is 6.85. The van der Waals surface area contributed by atoms with E-state index in [0.717, 1.165) is 75.5 Å². The van der Waals surface area contributed by atoms with E-state index in [2.05, 4.69) is 32.7 Å². The van der Waals surface area contributed by atoms with Crippen LogP contribution in [0.15, 0.2) is 29.6 Å². The first kappa shape index (κ1) is 20.6. The van der Waals surface area contributed by atoms with Gasteiger partial charge >= 0.3 is 0 Å². The molecule has 2 fully saturated rings. The van der Waals surface area contributed by atoms with Crippen LogP contribution < -0.4 is 4.90 Å². The molecular formula is C21H28ClN5OS. The number of hydrogen-bond acceptors (Lipinski definition) is 6. The number of carbonyl (C=O) groups is 1. The third kappa shape index (κ3) is 5.09. The van der Waals surface area contributed by atoms with E-state index in [1.54, 1.807) is 11.3 Å². The van der Waals surface area contributed by atoms with Crippen molar-refractivity contribution in [2.45, 2.75) is 13.5 Å². The number of hydrogen-bond donors (Lipinski definition) is 0. The molecule has 0 N–H and O–H groups in total. The highest BCUT2D eigenvalue weighted by molar-refractivity contribution is 7.09. The summed E-state index contributed by atoms with van der Waals surface area (Å²) in [5.41, 5.74) is 1.79. The Hall–Kier alpha value is -1.67. The van der Waals surface area contributed by atoms with Crippen LogP contribution in [0, 0.1) is 0 Å². The van der Waals surface area contributed by atoms with E-state index in [-0.39, 0.29) is 5.91 Å². The van der Waals surface area contributed by atoms with Crippen molar-refractivity contribution in [3.8, 4) is 0 Å². The molecule has 0 bridgehead atoms. The van der Waals surface area contributed by atoms with E-state index < -0.39 is 0 Å². The summed E-state index contributed by atoms with van der Waals surface area (Å²) >= 11 is 7.72. The molecule has 1 amide bonds. The smallest absolute Gasteiger partial charge is 0.273 e. The first-order valence-electron chi connectivity index (χ1n) is 10.3. The molecule has 156 valence electrons. The van der Waals surface area contributed by atoms with Crippen LogP contribution in [0.25, 0.3) is 0 Å². The van der Waals surface area contributed by atoms with Gasteiger partial charge in [-0.2, -0.15) is 0 Å². The van der Waals surface area contributed by atoms with Crippen LogP contribution >= 0.6 is 22.9 Å². The molecule has 0 saturated carbocycles. The Bertz CT molecular complexity index is 828. The van der Waals surface area contributed by atoms with Crippen LogP contribution in [-0.4, -0.2) is 84.5 Å². The Morgan fingerprint density at radius 1 is 1.07 bits per heavy atom. The Labute approximate surface area is 181 Å². The van der Waals surface area contributed by atoms with E-state index in [1.165, 1.54) is 5.69 Å². The third-order valence-electron chi connectivity index (χ3n) is 5.78. The summed E-state index contributed by atoms with van der Waals surface area (Å²) in [6.07, 6.45) is 0. The fourth-order valence-corrected chi connectivity index (χ4v) is 4.93. The van der Waals surface area contributed by atoms with Crippen molar-refractivity contribution in [3.63, 3.8) is 0 Å². The summed E-state index contributed by atoms with van der Waals surface area (Å²) in [6.45, 7) is 11.4. The number of halogens is 1. The highest BCUT2D eigenvalue weighted by Crippen LogP contribution is 2.22. The predicted octanol–water partition coefficient (Wildman–Crippen LogP) is 2.90. The molecule has 8 heteroatoms. The summed E-state index contributed by atoms with van der Waals surface area (Å²) in [5.74, 6) is 0.0778. The molecule has 6 nitrogen and oxygen atoms in total. The van der Waals surface area contributed by atoms with Crippen LogP contribution in [0.3, 0.4) is 0 Å². The average Bonchev–Trinajstić information content (AvgIpc) is 3.22. The standard InChI is InChI=1S/C21H28ClN5OS/c1-2-24-6-12-27(13-7-24)21(28)19-16-29-20(23-19)15-25-8-10-26(11-9-25)18-5-3-4-17(22)14-18/h3-5,14,16H,2,6-13,15H2,1H3. The maximum absolute atomic E-state index is 12.7. The zero-order chi connectivity index (χ0) is 20.2. The van der Waals surface area contributed by atoms with Gasteiger partial charge in [-0.3, -0.25) is 9.69 Å². The number of amides is 1. The predicted molar refractivity (Wildman–Crippen MR) is 119 cm³/mol. The minimum Gasteiger partial charge on any atom is -0.369 e. The van der Waals surface area contributed by atoms with Crippen molar-refractivity contribution < 1.29 is 4.79 Å². The van der Waals surface area contributed by atoms with Crippen molar-refractivity contribution in [1.29, 1.82) is 0 Å². The first-order valence-corrected chi connectivity index (χ1v) is 11.6. The number of thiazole rings is 1. The lowest BCUT2D eigenvalue weighted by molar-refractivity contribution is 0.0638. The Morgan fingerprint density at radius 2 is 1.79 bits per heavy atom. The normalized spacial score (nSPS) is 19.0. The summed E-state index contributed by atoms with van der Waals surface area (Å²) in [5, 5.41) is 3.73. The summed E-state index contributed by atoms with van der Waals surface area (Å²) in [4.78, 5) is 26.5. The zero-order valence-electron chi connectivity index (χ0n) is 16.9. The Kier molecular flexibility index (Phi) is 6.70. The summed E-state index contributed by atoms with van der Waals surface area (Å²) in [7, 11) is 0. The van der Waals surface area contributed by atoms with Gasteiger partial charge in [-0.15, -0.1) is 11.3 Å². The first-order chi connectivity index (χ1) is 14.1. The molecule has 0 unspecified atom stereocenters. The fraction of sp³-hybridized carbons (Fsp3) is 0.524. The van der Waals surface area contributed by atoms with Gasteiger partial charge in [0.1, 0.15) is 10.7 Å². The quantitative estimate of drug-likeness (QED) is 0.725. The van der Waals surface area contributed by atoms with Gasteiger partial charge in [0.2, 0.25) is 0 Å². The van der Waals surface area contributed by atoms with Crippen LogP contribution in [0.2, 0.25) is 5.02 Å². The second-order valence-electron chi connectivity index (χ2n) is 7.60.